The molecule has 4 nitrogen and oxygen atoms in total. The SMILES string of the molecule is O=C(CCN1CCC[C@@H]1c1ccc(F)cc1)Nc1nccs1. The molecule has 1 aromatic heterocycles. The van der Waals surface area contributed by atoms with Crippen molar-refractivity contribution in [1.82, 2.24) is 9.88 Å². The summed E-state index contributed by atoms with van der Waals surface area (Å²) in [4.78, 5) is 18.3. The Kier molecular flexibility index (Phi) is 4.80. The van der Waals surface area contributed by atoms with Crippen LogP contribution in [0.5, 0.6) is 0 Å². The number of benzene rings is 1. The number of likely N-dealkylation sites (tertiary alicyclic amines) is 1. The number of halogens is 1. The molecular weight excluding hydrogens is 301 g/mol. The fourth-order valence-corrected chi connectivity index (χ4v) is 3.41. The first-order valence-electron chi connectivity index (χ1n) is 7.41. The molecule has 1 amide bonds. The van der Waals surface area contributed by atoms with Crippen LogP contribution in [0, 0.1) is 5.82 Å². The summed E-state index contributed by atoms with van der Waals surface area (Å²) in [5.41, 5.74) is 1.12. The van der Waals surface area contributed by atoms with Crippen LogP contribution in [0.2, 0.25) is 0 Å². The summed E-state index contributed by atoms with van der Waals surface area (Å²) in [6, 6.07) is 6.97. The number of nitrogens with one attached hydrogen (secondary N) is 1. The zero-order valence-corrected chi connectivity index (χ0v) is 13.0. The highest BCUT2D eigenvalue weighted by atomic mass is 32.1. The third-order valence-corrected chi connectivity index (χ3v) is 4.61. The fourth-order valence-electron chi connectivity index (χ4n) is 2.87. The Bertz CT molecular complexity index is 615. The van der Waals surface area contributed by atoms with Crippen LogP contribution in [0.1, 0.15) is 30.9 Å². The highest BCUT2D eigenvalue weighted by molar-refractivity contribution is 7.13. The van der Waals surface area contributed by atoms with Crippen molar-refractivity contribution in [3.63, 3.8) is 0 Å². The van der Waals surface area contributed by atoms with E-state index in [2.05, 4.69) is 15.2 Å². The molecule has 1 atom stereocenters. The van der Waals surface area contributed by atoms with E-state index in [0.717, 1.165) is 24.9 Å². The predicted molar refractivity (Wildman–Crippen MR) is 85.3 cm³/mol. The van der Waals surface area contributed by atoms with E-state index in [0.29, 0.717) is 18.1 Å². The average Bonchev–Trinajstić information content (AvgIpc) is 3.17. The number of hydrogen-bond donors (Lipinski definition) is 1. The maximum atomic E-state index is 13.0. The second-order valence-electron chi connectivity index (χ2n) is 5.38. The Balaban J connectivity index is 1.55. The monoisotopic (exact) mass is 319 g/mol. The maximum Gasteiger partial charge on any atom is 0.227 e. The van der Waals surface area contributed by atoms with Crippen LogP contribution >= 0.6 is 11.3 Å². The van der Waals surface area contributed by atoms with Gasteiger partial charge in [0.25, 0.3) is 0 Å². The molecule has 22 heavy (non-hydrogen) atoms. The lowest BCUT2D eigenvalue weighted by molar-refractivity contribution is -0.116. The second-order valence-corrected chi connectivity index (χ2v) is 6.28. The fraction of sp³-hybridized carbons (Fsp3) is 0.375. The van der Waals surface area contributed by atoms with Crippen molar-refractivity contribution in [2.75, 3.05) is 18.4 Å². The lowest BCUT2D eigenvalue weighted by Gasteiger charge is -2.24. The van der Waals surface area contributed by atoms with Gasteiger partial charge in [0.2, 0.25) is 5.91 Å². The molecule has 1 fully saturated rings. The molecule has 1 aromatic carbocycles. The number of carbonyl (C=O) groups is 1. The minimum Gasteiger partial charge on any atom is -0.302 e. The number of carbonyl (C=O) groups excluding carboxylic acids is 1. The van der Waals surface area contributed by atoms with E-state index in [9.17, 15) is 9.18 Å². The molecule has 3 rings (SSSR count). The molecule has 2 aromatic rings. The zero-order valence-electron chi connectivity index (χ0n) is 12.2. The van der Waals surface area contributed by atoms with Gasteiger partial charge in [0.05, 0.1) is 0 Å². The van der Waals surface area contributed by atoms with Crippen molar-refractivity contribution in [3.8, 4) is 0 Å². The van der Waals surface area contributed by atoms with Crippen molar-refractivity contribution in [1.29, 1.82) is 0 Å². The summed E-state index contributed by atoms with van der Waals surface area (Å²) in [7, 11) is 0. The van der Waals surface area contributed by atoms with E-state index >= 15 is 0 Å². The molecule has 1 N–H and O–H groups in total. The van der Waals surface area contributed by atoms with Crippen LogP contribution < -0.4 is 5.32 Å². The number of anilines is 1. The summed E-state index contributed by atoms with van der Waals surface area (Å²) < 4.78 is 13.0. The van der Waals surface area contributed by atoms with Gasteiger partial charge in [-0.25, -0.2) is 9.37 Å². The number of hydrogen-bond acceptors (Lipinski definition) is 4. The van der Waals surface area contributed by atoms with Crippen LogP contribution in [0.4, 0.5) is 9.52 Å². The molecular formula is C16H18FN3OS. The first-order valence-corrected chi connectivity index (χ1v) is 8.29. The standard InChI is InChI=1S/C16H18FN3OS/c17-13-5-3-12(4-6-13)14-2-1-9-20(14)10-7-15(21)19-16-18-8-11-22-16/h3-6,8,11,14H,1-2,7,9-10H2,(H,18,19,21)/t14-/m1/s1. The maximum absolute atomic E-state index is 13.0. The Hall–Kier alpha value is -1.79. The Morgan fingerprint density at radius 3 is 2.95 bits per heavy atom. The highest BCUT2D eigenvalue weighted by Gasteiger charge is 2.26. The van der Waals surface area contributed by atoms with Gasteiger partial charge in [0, 0.05) is 30.6 Å². The quantitative estimate of drug-likeness (QED) is 0.918. The third-order valence-electron chi connectivity index (χ3n) is 3.92. The largest absolute Gasteiger partial charge is 0.302 e. The first-order chi connectivity index (χ1) is 10.7. The molecule has 2 heterocycles. The molecule has 0 unspecified atom stereocenters. The smallest absolute Gasteiger partial charge is 0.227 e. The molecule has 0 radical (unpaired) electrons. The van der Waals surface area contributed by atoms with Crippen LogP contribution in [0.3, 0.4) is 0 Å². The lowest BCUT2D eigenvalue weighted by Crippen LogP contribution is -2.27. The zero-order chi connectivity index (χ0) is 15.4. The van der Waals surface area contributed by atoms with E-state index in [-0.39, 0.29) is 17.8 Å². The number of thiazole rings is 1. The van der Waals surface area contributed by atoms with Crippen LogP contribution in [0.15, 0.2) is 35.8 Å². The third kappa shape index (κ3) is 3.69. The predicted octanol–water partition coefficient (Wildman–Crippen LogP) is 3.45. The Labute approximate surface area is 133 Å². The van der Waals surface area contributed by atoms with E-state index in [4.69, 9.17) is 0 Å². The molecule has 1 aliphatic heterocycles. The van der Waals surface area contributed by atoms with Gasteiger partial charge in [-0.3, -0.25) is 9.69 Å². The second kappa shape index (κ2) is 6.98. The summed E-state index contributed by atoms with van der Waals surface area (Å²) in [5.74, 6) is -0.226. The molecule has 0 saturated carbocycles. The summed E-state index contributed by atoms with van der Waals surface area (Å²) in [6.45, 7) is 1.69. The molecule has 1 saturated heterocycles. The van der Waals surface area contributed by atoms with Crippen molar-refractivity contribution >= 4 is 22.4 Å². The van der Waals surface area contributed by atoms with Crippen LogP contribution in [0.25, 0.3) is 0 Å². The van der Waals surface area contributed by atoms with Crippen molar-refractivity contribution in [2.24, 2.45) is 0 Å². The summed E-state index contributed by atoms with van der Waals surface area (Å²) in [5, 5.41) is 5.27. The van der Waals surface area contributed by atoms with Gasteiger partial charge >= 0.3 is 0 Å². The van der Waals surface area contributed by atoms with Crippen molar-refractivity contribution in [3.05, 3.63) is 47.2 Å². The van der Waals surface area contributed by atoms with E-state index in [1.807, 2.05) is 17.5 Å². The van der Waals surface area contributed by atoms with E-state index < -0.39 is 0 Å². The molecule has 1 aliphatic rings. The lowest BCUT2D eigenvalue weighted by atomic mass is 10.0. The van der Waals surface area contributed by atoms with Gasteiger partial charge < -0.3 is 5.32 Å². The Morgan fingerprint density at radius 2 is 2.23 bits per heavy atom. The van der Waals surface area contributed by atoms with Crippen molar-refractivity contribution in [2.45, 2.75) is 25.3 Å². The van der Waals surface area contributed by atoms with E-state index in [1.165, 1.54) is 23.5 Å². The van der Waals surface area contributed by atoms with Crippen molar-refractivity contribution < 1.29 is 9.18 Å². The summed E-state index contributed by atoms with van der Waals surface area (Å²) >= 11 is 1.42. The van der Waals surface area contributed by atoms with Crippen LogP contribution in [-0.2, 0) is 4.79 Å². The molecule has 0 bridgehead atoms. The molecule has 116 valence electrons. The molecule has 6 heteroatoms. The molecule has 0 aliphatic carbocycles. The van der Waals surface area contributed by atoms with Gasteiger partial charge in [-0.2, -0.15) is 0 Å². The van der Waals surface area contributed by atoms with Gasteiger partial charge in [-0.1, -0.05) is 12.1 Å². The molecule has 0 spiro atoms. The average molecular weight is 319 g/mol. The van der Waals surface area contributed by atoms with Gasteiger partial charge in [0.15, 0.2) is 5.13 Å². The minimum atomic E-state index is -0.212. The van der Waals surface area contributed by atoms with Gasteiger partial charge in [-0.05, 0) is 37.1 Å². The summed E-state index contributed by atoms with van der Waals surface area (Å²) in [6.07, 6.45) is 4.28. The van der Waals surface area contributed by atoms with Gasteiger partial charge in [-0.15, -0.1) is 11.3 Å². The Morgan fingerprint density at radius 1 is 1.41 bits per heavy atom. The topological polar surface area (TPSA) is 45.2 Å². The number of nitrogens with zero attached hydrogens (tertiary/aromatic N) is 2. The minimum absolute atomic E-state index is 0.0142. The number of aromatic nitrogens is 1. The normalized spacial score (nSPS) is 18.5. The first kappa shape index (κ1) is 15.1. The van der Waals surface area contributed by atoms with Gasteiger partial charge in [0.1, 0.15) is 5.82 Å². The van der Waals surface area contributed by atoms with Crippen LogP contribution in [-0.4, -0.2) is 28.9 Å². The number of amides is 1. The highest BCUT2D eigenvalue weighted by Crippen LogP contribution is 2.31. The van der Waals surface area contributed by atoms with E-state index in [1.54, 1.807) is 6.20 Å². The number of rotatable bonds is 5.